The molecule has 3 aromatic heterocycles. The lowest BCUT2D eigenvalue weighted by molar-refractivity contribution is -0.681. The first-order valence-electron chi connectivity index (χ1n) is 8.72. The highest BCUT2D eigenvalue weighted by Gasteiger charge is 2.19. The van der Waals surface area contributed by atoms with Crippen molar-refractivity contribution in [3.63, 3.8) is 0 Å². The molecule has 0 amide bonds. The summed E-state index contributed by atoms with van der Waals surface area (Å²) in [5, 5.41) is 2.30. The van der Waals surface area contributed by atoms with Crippen molar-refractivity contribution in [1.82, 2.24) is 4.57 Å². The van der Waals surface area contributed by atoms with E-state index in [1.165, 1.54) is 5.39 Å². The Balaban J connectivity index is 1.59. The second-order valence-electron chi connectivity index (χ2n) is 6.62. The Hall–Kier alpha value is -3.14. The Morgan fingerprint density at radius 1 is 1.08 bits per heavy atom. The quantitative estimate of drug-likeness (QED) is 0.404. The summed E-state index contributed by atoms with van der Waals surface area (Å²) in [5.41, 5.74) is 2.81. The van der Waals surface area contributed by atoms with Crippen LogP contribution in [0, 0.1) is 13.8 Å². The van der Waals surface area contributed by atoms with Crippen LogP contribution in [0.5, 0.6) is 0 Å². The molecule has 0 aliphatic rings. The first-order valence-corrected chi connectivity index (χ1v) is 8.72. The second kappa shape index (κ2) is 6.64. The topological polar surface area (TPSA) is 39.0 Å². The summed E-state index contributed by atoms with van der Waals surface area (Å²) in [6, 6.07) is 16.0. The van der Waals surface area contributed by atoms with E-state index < -0.39 is 0 Å². The molecule has 0 aliphatic heterocycles. The first kappa shape index (κ1) is 16.3. The number of carbonyl (C=O) groups is 1. The van der Waals surface area contributed by atoms with Crippen LogP contribution in [-0.2, 0) is 13.1 Å². The molecule has 130 valence electrons. The van der Waals surface area contributed by atoms with Crippen molar-refractivity contribution in [1.29, 1.82) is 0 Å². The number of ketones is 1. The summed E-state index contributed by atoms with van der Waals surface area (Å²) < 4.78 is 9.51. The lowest BCUT2D eigenvalue weighted by Gasteiger charge is -2.07. The molecular formula is C22H21N2O2+. The van der Waals surface area contributed by atoms with E-state index in [2.05, 4.69) is 16.7 Å². The molecule has 0 saturated carbocycles. The van der Waals surface area contributed by atoms with Gasteiger partial charge in [-0.05, 0) is 43.5 Å². The van der Waals surface area contributed by atoms with Crippen molar-refractivity contribution >= 4 is 16.6 Å². The zero-order valence-corrected chi connectivity index (χ0v) is 15.0. The van der Waals surface area contributed by atoms with E-state index in [9.17, 15) is 4.79 Å². The van der Waals surface area contributed by atoms with Gasteiger partial charge in [0, 0.05) is 28.4 Å². The van der Waals surface area contributed by atoms with Crippen LogP contribution in [0.25, 0.3) is 10.8 Å². The zero-order chi connectivity index (χ0) is 18.1. The van der Waals surface area contributed by atoms with Gasteiger partial charge in [0.15, 0.2) is 12.4 Å². The number of aryl methyl sites for hydroxylation is 1. The van der Waals surface area contributed by atoms with E-state index in [0.717, 1.165) is 28.1 Å². The summed E-state index contributed by atoms with van der Waals surface area (Å²) in [7, 11) is 0. The molecule has 0 radical (unpaired) electrons. The highest BCUT2D eigenvalue weighted by molar-refractivity contribution is 5.96. The van der Waals surface area contributed by atoms with Gasteiger partial charge in [0.2, 0.25) is 12.3 Å². The number of furan rings is 1. The maximum absolute atomic E-state index is 12.9. The fourth-order valence-electron chi connectivity index (χ4n) is 3.41. The fourth-order valence-corrected chi connectivity index (χ4v) is 3.41. The smallest absolute Gasteiger partial charge is 0.229 e. The Morgan fingerprint density at radius 3 is 2.65 bits per heavy atom. The minimum absolute atomic E-state index is 0.115. The molecule has 3 heterocycles. The molecule has 0 aliphatic carbocycles. The molecular weight excluding hydrogens is 324 g/mol. The highest BCUT2D eigenvalue weighted by atomic mass is 16.3. The summed E-state index contributed by atoms with van der Waals surface area (Å²) in [4.78, 5) is 12.9. The number of Topliss-reactive ketones (excluding diaryl/α,β-unsaturated/α-hetero) is 1. The SMILES string of the molecule is Cc1cc(C(=O)C[n+]2ccc3ccccc3c2)c(C)n1Cc1ccco1. The van der Waals surface area contributed by atoms with Crippen molar-refractivity contribution in [2.45, 2.75) is 26.9 Å². The molecule has 4 aromatic rings. The molecule has 4 heteroatoms. The van der Waals surface area contributed by atoms with Crippen molar-refractivity contribution in [2.24, 2.45) is 0 Å². The summed E-state index contributed by atoms with van der Waals surface area (Å²) >= 11 is 0. The third-order valence-electron chi connectivity index (χ3n) is 4.84. The fraction of sp³-hybridized carbons (Fsp3) is 0.182. The van der Waals surface area contributed by atoms with E-state index in [1.807, 2.05) is 67.2 Å². The number of nitrogens with zero attached hydrogens (tertiary/aromatic N) is 2. The minimum atomic E-state index is 0.115. The zero-order valence-electron chi connectivity index (χ0n) is 15.0. The molecule has 4 rings (SSSR count). The van der Waals surface area contributed by atoms with Gasteiger partial charge in [-0.15, -0.1) is 0 Å². The summed E-state index contributed by atoms with van der Waals surface area (Å²) in [6.07, 6.45) is 5.66. The van der Waals surface area contributed by atoms with Gasteiger partial charge in [-0.3, -0.25) is 4.79 Å². The van der Waals surface area contributed by atoms with Gasteiger partial charge in [0.05, 0.1) is 12.8 Å². The third kappa shape index (κ3) is 3.06. The Bertz CT molecular complexity index is 1070. The predicted octanol–water partition coefficient (Wildman–Crippen LogP) is 4.07. The average molecular weight is 345 g/mol. The number of fused-ring (bicyclic) bond motifs is 1. The van der Waals surface area contributed by atoms with E-state index in [-0.39, 0.29) is 5.78 Å². The van der Waals surface area contributed by atoms with E-state index in [0.29, 0.717) is 13.1 Å². The number of hydrogen-bond acceptors (Lipinski definition) is 2. The number of rotatable bonds is 5. The van der Waals surface area contributed by atoms with Crippen LogP contribution in [0.4, 0.5) is 0 Å². The number of benzene rings is 1. The molecule has 0 saturated heterocycles. The van der Waals surface area contributed by atoms with Crippen molar-refractivity contribution in [3.05, 3.63) is 89.9 Å². The summed E-state index contributed by atoms with van der Waals surface area (Å²) in [5.74, 6) is 0.999. The van der Waals surface area contributed by atoms with Crippen LogP contribution < -0.4 is 4.57 Å². The number of carbonyl (C=O) groups excluding carboxylic acids is 1. The Kier molecular flexibility index (Phi) is 4.17. The van der Waals surface area contributed by atoms with E-state index >= 15 is 0 Å². The molecule has 0 fully saturated rings. The van der Waals surface area contributed by atoms with Crippen molar-refractivity contribution in [2.75, 3.05) is 0 Å². The van der Waals surface area contributed by atoms with Crippen LogP contribution in [0.3, 0.4) is 0 Å². The molecule has 0 spiro atoms. The molecule has 0 bridgehead atoms. The van der Waals surface area contributed by atoms with Crippen molar-refractivity contribution < 1.29 is 13.8 Å². The van der Waals surface area contributed by atoms with Crippen LogP contribution in [0.1, 0.15) is 27.5 Å². The largest absolute Gasteiger partial charge is 0.467 e. The monoisotopic (exact) mass is 345 g/mol. The normalized spacial score (nSPS) is 11.2. The first-order chi connectivity index (χ1) is 12.6. The van der Waals surface area contributed by atoms with Gasteiger partial charge in [-0.25, -0.2) is 0 Å². The number of aromatic nitrogens is 2. The molecule has 26 heavy (non-hydrogen) atoms. The van der Waals surface area contributed by atoms with Gasteiger partial charge < -0.3 is 8.98 Å². The van der Waals surface area contributed by atoms with Crippen LogP contribution in [0.2, 0.25) is 0 Å². The van der Waals surface area contributed by atoms with E-state index in [4.69, 9.17) is 4.42 Å². The summed E-state index contributed by atoms with van der Waals surface area (Å²) in [6.45, 7) is 4.99. The molecule has 0 atom stereocenters. The van der Waals surface area contributed by atoms with Gasteiger partial charge in [0.1, 0.15) is 5.76 Å². The molecule has 1 aromatic carbocycles. The van der Waals surface area contributed by atoms with Gasteiger partial charge in [0.25, 0.3) is 0 Å². The van der Waals surface area contributed by atoms with Crippen LogP contribution in [-0.4, -0.2) is 10.4 Å². The number of hydrogen-bond donors (Lipinski definition) is 0. The lowest BCUT2D eigenvalue weighted by Crippen LogP contribution is -2.37. The minimum Gasteiger partial charge on any atom is -0.467 e. The van der Waals surface area contributed by atoms with Gasteiger partial charge >= 0.3 is 0 Å². The second-order valence-corrected chi connectivity index (χ2v) is 6.62. The third-order valence-corrected chi connectivity index (χ3v) is 4.84. The maximum Gasteiger partial charge on any atom is 0.229 e. The standard InChI is InChI=1S/C22H21N2O2/c1-16-12-21(17(2)24(16)14-20-8-5-11-26-20)22(25)15-23-10-9-18-6-3-4-7-19(18)13-23/h3-13H,14-15H2,1-2H3/q+1. The highest BCUT2D eigenvalue weighted by Crippen LogP contribution is 2.18. The van der Waals surface area contributed by atoms with Crippen LogP contribution >= 0.6 is 0 Å². The van der Waals surface area contributed by atoms with Gasteiger partial charge in [-0.1, -0.05) is 18.2 Å². The predicted molar refractivity (Wildman–Crippen MR) is 100 cm³/mol. The van der Waals surface area contributed by atoms with E-state index in [1.54, 1.807) is 6.26 Å². The molecule has 0 unspecified atom stereocenters. The molecule has 4 nitrogen and oxygen atoms in total. The van der Waals surface area contributed by atoms with Crippen LogP contribution in [0.15, 0.2) is 71.6 Å². The Labute approximate surface area is 152 Å². The van der Waals surface area contributed by atoms with Gasteiger partial charge in [-0.2, -0.15) is 4.57 Å². The number of pyridine rings is 1. The maximum atomic E-state index is 12.9. The van der Waals surface area contributed by atoms with Crippen molar-refractivity contribution in [3.8, 4) is 0 Å². The Morgan fingerprint density at radius 2 is 1.88 bits per heavy atom. The average Bonchev–Trinajstić information content (AvgIpc) is 3.25. The lowest BCUT2D eigenvalue weighted by atomic mass is 10.1. The molecule has 0 N–H and O–H groups in total.